The van der Waals surface area contributed by atoms with Crippen LogP contribution in [0.2, 0.25) is 0 Å². The first-order valence-corrected chi connectivity index (χ1v) is 22.4. The maximum atomic E-state index is 13.0. The first-order valence-electron chi connectivity index (χ1n) is 22.4. The van der Waals surface area contributed by atoms with Crippen molar-refractivity contribution in [3.63, 3.8) is 0 Å². The van der Waals surface area contributed by atoms with Crippen molar-refractivity contribution in [1.29, 1.82) is 0 Å². The van der Waals surface area contributed by atoms with Gasteiger partial charge in [0.15, 0.2) is 18.9 Å². The lowest BCUT2D eigenvalue weighted by molar-refractivity contribution is -0.379. The Morgan fingerprint density at radius 1 is 0.574 bits per heavy atom. The highest BCUT2D eigenvalue weighted by molar-refractivity contribution is 5.76. The fourth-order valence-corrected chi connectivity index (χ4v) is 7.72. The number of hydrogen-bond acceptors (Lipinski definition) is 18. The molecule has 19 nitrogen and oxygen atoms in total. The molecule has 0 aliphatic carbocycles. The highest BCUT2D eigenvalue weighted by atomic mass is 16.8. The minimum atomic E-state index is -1.97. The van der Waals surface area contributed by atoms with Crippen molar-refractivity contribution < 1.29 is 89.4 Å². The second-order valence-corrected chi connectivity index (χ2v) is 16.5. The van der Waals surface area contributed by atoms with Crippen LogP contribution in [-0.2, 0) is 33.2 Å². The molecule has 0 spiro atoms. The summed E-state index contributed by atoms with van der Waals surface area (Å²) in [5, 5.41) is 118. The highest BCUT2D eigenvalue weighted by Gasteiger charge is 2.53. The molecule has 0 aromatic heterocycles. The smallest absolute Gasteiger partial charge is 0.220 e. The van der Waals surface area contributed by atoms with Gasteiger partial charge in [0.25, 0.3) is 0 Å². The third-order valence-electron chi connectivity index (χ3n) is 11.6. The molecule has 17 atom stereocenters. The molecular formula is C42H77NO18. The van der Waals surface area contributed by atoms with E-state index in [0.29, 0.717) is 12.8 Å². The van der Waals surface area contributed by atoms with E-state index in [1.165, 1.54) is 57.8 Å². The zero-order chi connectivity index (χ0) is 44.9. The van der Waals surface area contributed by atoms with E-state index in [1.54, 1.807) is 12.2 Å². The number of allylic oxidation sites excluding steroid dienone is 1. The fourth-order valence-electron chi connectivity index (χ4n) is 7.72. The van der Waals surface area contributed by atoms with Gasteiger partial charge >= 0.3 is 0 Å². The Labute approximate surface area is 359 Å². The summed E-state index contributed by atoms with van der Waals surface area (Å²) in [6.45, 7) is 1.43. The van der Waals surface area contributed by atoms with Crippen molar-refractivity contribution in [3.05, 3.63) is 12.2 Å². The summed E-state index contributed by atoms with van der Waals surface area (Å²) >= 11 is 0. The molecule has 358 valence electrons. The van der Waals surface area contributed by atoms with E-state index < -0.39 is 124 Å². The predicted molar refractivity (Wildman–Crippen MR) is 217 cm³/mol. The number of carbonyl (C=O) groups excluding carboxylic acids is 1. The van der Waals surface area contributed by atoms with Gasteiger partial charge in [-0.2, -0.15) is 0 Å². The second-order valence-electron chi connectivity index (χ2n) is 16.5. The third kappa shape index (κ3) is 16.8. The van der Waals surface area contributed by atoms with Gasteiger partial charge in [0.2, 0.25) is 5.91 Å². The maximum Gasteiger partial charge on any atom is 0.220 e. The molecule has 3 rings (SSSR count). The van der Waals surface area contributed by atoms with Gasteiger partial charge in [-0.05, 0) is 12.8 Å². The van der Waals surface area contributed by atoms with Gasteiger partial charge < -0.3 is 89.9 Å². The summed E-state index contributed by atoms with van der Waals surface area (Å²) in [6, 6.07) is -0.960. The van der Waals surface area contributed by atoms with Crippen molar-refractivity contribution in [2.45, 2.75) is 221 Å². The zero-order valence-electron chi connectivity index (χ0n) is 35.9. The monoisotopic (exact) mass is 884 g/mol. The molecule has 0 aromatic carbocycles. The molecule has 0 radical (unpaired) electrons. The topological polar surface area (TPSA) is 307 Å². The van der Waals surface area contributed by atoms with Crippen LogP contribution < -0.4 is 5.32 Å². The third-order valence-corrected chi connectivity index (χ3v) is 11.6. The van der Waals surface area contributed by atoms with Crippen LogP contribution in [-0.4, -0.2) is 193 Å². The molecule has 61 heavy (non-hydrogen) atoms. The molecule has 0 bridgehead atoms. The zero-order valence-corrected chi connectivity index (χ0v) is 35.9. The normalized spacial score (nSPS) is 35.7. The van der Waals surface area contributed by atoms with Gasteiger partial charge in [-0.1, -0.05) is 109 Å². The summed E-state index contributed by atoms with van der Waals surface area (Å²) in [6.07, 6.45) is -6.44. The van der Waals surface area contributed by atoms with E-state index in [2.05, 4.69) is 12.2 Å². The number of nitrogens with one attached hydrogen (secondary N) is 1. The van der Waals surface area contributed by atoms with E-state index >= 15 is 0 Å². The summed E-state index contributed by atoms with van der Waals surface area (Å²) in [5.74, 6) is -0.290. The van der Waals surface area contributed by atoms with E-state index in [1.807, 2.05) is 6.92 Å². The molecule has 17 unspecified atom stereocenters. The molecule has 3 heterocycles. The van der Waals surface area contributed by atoms with E-state index in [4.69, 9.17) is 28.4 Å². The standard InChI is InChI=1S/C42H77NO18/c1-3-5-7-8-9-10-11-12-13-14-15-16-18-20-30(48)43-25(26(47)19-17-6-4-2)24-56-40-36(54)33(51)38(28(22-45)58-40)61-42-37(55)34(52)39(29(23-46)59-42)60-41-35(53)32(50)31(49)27(21-44)57-41/h17,19,25-29,31-42,44-47,49-55H,3-16,18,20-24H2,1-2H3,(H,43,48)/b19-17+. The number of ether oxygens (including phenoxy) is 6. The molecular weight excluding hydrogens is 806 g/mol. The van der Waals surface area contributed by atoms with Crippen LogP contribution in [0.1, 0.15) is 117 Å². The van der Waals surface area contributed by atoms with Gasteiger partial charge in [0, 0.05) is 6.42 Å². The Balaban J connectivity index is 1.53. The minimum absolute atomic E-state index is 0.244. The van der Waals surface area contributed by atoms with Gasteiger partial charge in [-0.15, -0.1) is 0 Å². The number of unbranched alkanes of at least 4 members (excludes halogenated alkanes) is 13. The van der Waals surface area contributed by atoms with Crippen molar-refractivity contribution in [1.82, 2.24) is 5.32 Å². The van der Waals surface area contributed by atoms with Crippen LogP contribution in [0.5, 0.6) is 0 Å². The van der Waals surface area contributed by atoms with Gasteiger partial charge in [0.1, 0.15) is 73.2 Å². The molecule has 19 heteroatoms. The van der Waals surface area contributed by atoms with Gasteiger partial charge in [-0.3, -0.25) is 4.79 Å². The molecule has 3 saturated heterocycles. The number of amides is 1. The number of aliphatic hydroxyl groups is 11. The first-order chi connectivity index (χ1) is 29.3. The predicted octanol–water partition coefficient (Wildman–Crippen LogP) is -0.865. The summed E-state index contributed by atoms with van der Waals surface area (Å²) in [7, 11) is 0. The number of aliphatic hydroxyl groups excluding tert-OH is 11. The lowest BCUT2D eigenvalue weighted by Crippen LogP contribution is -2.66. The lowest BCUT2D eigenvalue weighted by atomic mass is 9.96. The van der Waals surface area contributed by atoms with E-state index in [-0.39, 0.29) is 18.9 Å². The molecule has 0 saturated carbocycles. The van der Waals surface area contributed by atoms with E-state index in [9.17, 15) is 61.0 Å². The Kier molecular flexibility index (Phi) is 25.7. The summed E-state index contributed by atoms with van der Waals surface area (Å²) in [5.41, 5.74) is 0. The summed E-state index contributed by atoms with van der Waals surface area (Å²) in [4.78, 5) is 13.0. The van der Waals surface area contributed by atoms with Crippen molar-refractivity contribution in [2.24, 2.45) is 0 Å². The van der Waals surface area contributed by atoms with Crippen LogP contribution in [0.15, 0.2) is 12.2 Å². The molecule has 12 N–H and O–H groups in total. The molecule has 3 aliphatic rings. The Morgan fingerprint density at radius 3 is 1.51 bits per heavy atom. The Bertz CT molecular complexity index is 1200. The van der Waals surface area contributed by atoms with Crippen LogP contribution in [0.4, 0.5) is 0 Å². The van der Waals surface area contributed by atoms with Crippen LogP contribution >= 0.6 is 0 Å². The number of rotatable bonds is 29. The average Bonchev–Trinajstić information content (AvgIpc) is 3.25. The van der Waals surface area contributed by atoms with Crippen LogP contribution in [0.3, 0.4) is 0 Å². The first kappa shape index (κ1) is 53.9. The Hall–Kier alpha value is -1.47. The maximum absolute atomic E-state index is 13.0. The molecule has 1 amide bonds. The SMILES string of the molecule is CCC/C=C/C(O)C(COC1OC(CO)C(OC2OC(CO)C(OC3OC(CO)C(O)C(O)C3O)C(O)C2O)C(O)C1O)NC(=O)CCCCCCCCCCCCCCC. The average molecular weight is 884 g/mol. The number of carbonyl (C=O) groups is 1. The molecule has 3 aliphatic heterocycles. The largest absolute Gasteiger partial charge is 0.394 e. The number of hydrogen-bond donors (Lipinski definition) is 12. The summed E-state index contributed by atoms with van der Waals surface area (Å²) < 4.78 is 33.8. The van der Waals surface area contributed by atoms with Crippen LogP contribution in [0, 0.1) is 0 Å². The van der Waals surface area contributed by atoms with Crippen molar-refractivity contribution in [3.8, 4) is 0 Å². The highest BCUT2D eigenvalue weighted by Crippen LogP contribution is 2.33. The van der Waals surface area contributed by atoms with Gasteiger partial charge in [-0.25, -0.2) is 0 Å². The second kappa shape index (κ2) is 29.1. The quantitative estimate of drug-likeness (QED) is 0.0321. The lowest BCUT2D eigenvalue weighted by Gasteiger charge is -2.48. The fraction of sp³-hybridized carbons (Fsp3) is 0.929. The molecule has 0 aromatic rings. The van der Waals surface area contributed by atoms with Crippen molar-refractivity contribution >= 4 is 5.91 Å². The van der Waals surface area contributed by atoms with Crippen LogP contribution in [0.25, 0.3) is 0 Å². The Morgan fingerprint density at radius 2 is 1.02 bits per heavy atom. The van der Waals surface area contributed by atoms with E-state index in [0.717, 1.165) is 25.7 Å². The van der Waals surface area contributed by atoms with Gasteiger partial charge in [0.05, 0.1) is 38.6 Å². The molecule has 3 fully saturated rings. The van der Waals surface area contributed by atoms with Crippen molar-refractivity contribution in [2.75, 3.05) is 26.4 Å². The minimum Gasteiger partial charge on any atom is -0.394 e.